The molecule has 1 atom stereocenters. The fraction of sp³-hybridized carbons (Fsp3) is 0.538. The van der Waals surface area contributed by atoms with Crippen LogP contribution in [0.4, 0.5) is 11.4 Å². The summed E-state index contributed by atoms with van der Waals surface area (Å²) in [6.07, 6.45) is 1.76. The summed E-state index contributed by atoms with van der Waals surface area (Å²) < 4.78 is 23.3. The van der Waals surface area contributed by atoms with Crippen LogP contribution in [0.15, 0.2) is 23.1 Å². The van der Waals surface area contributed by atoms with E-state index >= 15 is 0 Å². The van der Waals surface area contributed by atoms with Crippen molar-refractivity contribution >= 4 is 21.2 Å². The summed E-state index contributed by atoms with van der Waals surface area (Å²) in [4.78, 5) is 10.3. The molecule has 1 rings (SSSR count). The van der Waals surface area contributed by atoms with E-state index in [0.717, 1.165) is 12.7 Å². The number of nitrogens with one attached hydrogen (secondary N) is 1. The number of hydrogen-bond donors (Lipinski definition) is 1. The second-order valence-corrected chi connectivity index (χ2v) is 7.07. The quantitative estimate of drug-likeness (QED) is 0.644. The van der Waals surface area contributed by atoms with Crippen molar-refractivity contribution in [2.45, 2.75) is 38.1 Å². The van der Waals surface area contributed by atoms with E-state index in [4.69, 9.17) is 0 Å². The molecule has 1 aromatic carbocycles. The molecule has 1 N–H and O–H groups in total. The Hall–Kier alpha value is -1.63. The third-order valence-electron chi connectivity index (χ3n) is 3.17. The molecule has 0 fully saturated rings. The first-order chi connectivity index (χ1) is 9.18. The number of nitro benzene ring substituents is 1. The highest BCUT2D eigenvalue weighted by Gasteiger charge is 2.27. The zero-order chi connectivity index (χ0) is 15.5. The lowest BCUT2D eigenvalue weighted by Gasteiger charge is -2.22. The summed E-state index contributed by atoms with van der Waals surface area (Å²) in [5, 5.41) is 14.3. The van der Waals surface area contributed by atoms with Crippen LogP contribution >= 0.6 is 0 Å². The largest absolute Gasteiger partial charge is 0.376 e. The lowest BCUT2D eigenvalue weighted by Crippen LogP contribution is -2.25. The van der Waals surface area contributed by atoms with Crippen LogP contribution in [0, 0.1) is 16.0 Å². The van der Waals surface area contributed by atoms with Gasteiger partial charge in [-0.25, -0.2) is 8.42 Å². The first-order valence-corrected chi connectivity index (χ1v) is 8.31. The van der Waals surface area contributed by atoms with E-state index in [9.17, 15) is 18.5 Å². The molecule has 0 saturated carbocycles. The Morgan fingerprint density at radius 1 is 1.35 bits per heavy atom. The third-order valence-corrected chi connectivity index (χ3v) is 4.29. The molecule has 0 radical (unpaired) electrons. The molecule has 0 bridgehead atoms. The predicted molar refractivity (Wildman–Crippen MR) is 78.7 cm³/mol. The summed E-state index contributed by atoms with van der Waals surface area (Å²) in [5.41, 5.74) is -0.132. The molecule has 1 unspecified atom stereocenters. The van der Waals surface area contributed by atoms with E-state index in [1.54, 1.807) is 0 Å². The lowest BCUT2D eigenvalue weighted by molar-refractivity contribution is -0.386. The van der Waals surface area contributed by atoms with Crippen molar-refractivity contribution in [3.8, 4) is 0 Å². The van der Waals surface area contributed by atoms with Gasteiger partial charge in [-0.1, -0.05) is 26.8 Å². The topological polar surface area (TPSA) is 89.3 Å². The van der Waals surface area contributed by atoms with Gasteiger partial charge in [-0.05, 0) is 24.5 Å². The van der Waals surface area contributed by atoms with Crippen molar-refractivity contribution in [2.24, 2.45) is 5.92 Å². The molecule has 0 aliphatic heterocycles. The fourth-order valence-electron chi connectivity index (χ4n) is 2.07. The van der Waals surface area contributed by atoms with Crippen molar-refractivity contribution in [1.29, 1.82) is 0 Å². The molecular formula is C13H20N2O4S. The van der Waals surface area contributed by atoms with Crippen molar-refractivity contribution < 1.29 is 13.3 Å². The highest BCUT2D eigenvalue weighted by Crippen LogP contribution is 2.33. The molecule has 0 aliphatic carbocycles. The standard InChI is InChI=1S/C13H20N2O4S/c1-5-10(9(2)3)14-11-7-6-8-12(20(4,18)19)13(11)15(16)17/h6-10,14H,5H2,1-4H3. The summed E-state index contributed by atoms with van der Waals surface area (Å²) in [6, 6.07) is 4.36. The number of nitro groups is 1. The van der Waals surface area contributed by atoms with Crippen LogP contribution in [-0.2, 0) is 9.84 Å². The normalized spacial score (nSPS) is 13.2. The van der Waals surface area contributed by atoms with Gasteiger partial charge in [0.2, 0.25) is 0 Å². The van der Waals surface area contributed by atoms with Gasteiger partial charge in [-0.3, -0.25) is 10.1 Å². The molecule has 6 nitrogen and oxygen atoms in total. The monoisotopic (exact) mass is 300 g/mol. The molecule has 0 amide bonds. The first-order valence-electron chi connectivity index (χ1n) is 6.42. The van der Waals surface area contributed by atoms with Crippen LogP contribution in [0.5, 0.6) is 0 Å². The molecule has 7 heteroatoms. The number of sulfone groups is 1. The van der Waals surface area contributed by atoms with E-state index in [-0.39, 0.29) is 28.2 Å². The molecule has 0 aliphatic rings. The second-order valence-electron chi connectivity index (χ2n) is 5.08. The number of para-hydroxylation sites is 1. The van der Waals surface area contributed by atoms with Gasteiger partial charge in [0, 0.05) is 12.3 Å². The third kappa shape index (κ3) is 3.69. The molecule has 0 spiro atoms. The van der Waals surface area contributed by atoms with Gasteiger partial charge in [-0.2, -0.15) is 0 Å². The molecule has 1 aromatic rings. The van der Waals surface area contributed by atoms with Gasteiger partial charge < -0.3 is 5.32 Å². The minimum Gasteiger partial charge on any atom is -0.376 e. The van der Waals surface area contributed by atoms with Gasteiger partial charge in [0.1, 0.15) is 10.6 Å². The Labute approximate surface area is 119 Å². The molecule has 20 heavy (non-hydrogen) atoms. The predicted octanol–water partition coefficient (Wildman–Crippen LogP) is 2.84. The Kier molecular flexibility index (Phi) is 5.10. The smallest absolute Gasteiger partial charge is 0.310 e. The SMILES string of the molecule is CCC(Nc1cccc(S(C)(=O)=O)c1[N+](=O)[O-])C(C)C. The maximum absolute atomic E-state index is 11.7. The van der Waals surface area contributed by atoms with Crippen LogP contribution in [0.1, 0.15) is 27.2 Å². The number of anilines is 1. The van der Waals surface area contributed by atoms with Gasteiger partial charge in [0.05, 0.1) is 4.92 Å². The van der Waals surface area contributed by atoms with Crippen LogP contribution in [0.25, 0.3) is 0 Å². The molecule has 112 valence electrons. The zero-order valence-electron chi connectivity index (χ0n) is 12.1. The molecule has 0 heterocycles. The Morgan fingerprint density at radius 3 is 2.35 bits per heavy atom. The van der Waals surface area contributed by atoms with Crippen LogP contribution in [0.2, 0.25) is 0 Å². The van der Waals surface area contributed by atoms with E-state index in [2.05, 4.69) is 5.32 Å². The number of nitrogens with zero attached hydrogens (tertiary/aromatic N) is 1. The molecule has 0 aromatic heterocycles. The maximum Gasteiger partial charge on any atom is 0.310 e. The van der Waals surface area contributed by atoms with Gasteiger partial charge >= 0.3 is 5.69 Å². The van der Waals surface area contributed by atoms with Gasteiger partial charge in [0.15, 0.2) is 9.84 Å². The van der Waals surface area contributed by atoms with Gasteiger partial charge in [-0.15, -0.1) is 0 Å². The van der Waals surface area contributed by atoms with Crippen molar-refractivity contribution in [3.05, 3.63) is 28.3 Å². The number of rotatable bonds is 6. The minimum absolute atomic E-state index is 0.0449. The second kappa shape index (κ2) is 6.21. The van der Waals surface area contributed by atoms with Crippen molar-refractivity contribution in [3.63, 3.8) is 0 Å². The van der Waals surface area contributed by atoms with E-state index in [0.29, 0.717) is 0 Å². The summed E-state index contributed by atoms with van der Waals surface area (Å²) >= 11 is 0. The zero-order valence-corrected chi connectivity index (χ0v) is 12.9. The van der Waals surface area contributed by atoms with Crippen LogP contribution in [-0.4, -0.2) is 25.6 Å². The highest BCUT2D eigenvalue weighted by molar-refractivity contribution is 7.90. The summed E-state index contributed by atoms with van der Waals surface area (Å²) in [7, 11) is -3.65. The minimum atomic E-state index is -3.65. The maximum atomic E-state index is 11.7. The number of hydrogen-bond acceptors (Lipinski definition) is 5. The van der Waals surface area contributed by atoms with Crippen LogP contribution < -0.4 is 5.32 Å². The average Bonchev–Trinajstić information content (AvgIpc) is 2.33. The van der Waals surface area contributed by atoms with E-state index in [1.807, 2.05) is 20.8 Å². The number of benzene rings is 1. The van der Waals surface area contributed by atoms with Crippen LogP contribution in [0.3, 0.4) is 0 Å². The lowest BCUT2D eigenvalue weighted by atomic mass is 10.0. The van der Waals surface area contributed by atoms with E-state index in [1.165, 1.54) is 18.2 Å². The van der Waals surface area contributed by atoms with E-state index < -0.39 is 14.8 Å². The Bertz CT molecular complexity index is 596. The fourth-order valence-corrected chi connectivity index (χ4v) is 2.93. The van der Waals surface area contributed by atoms with Crippen molar-refractivity contribution in [1.82, 2.24) is 0 Å². The molecular weight excluding hydrogens is 280 g/mol. The Morgan fingerprint density at radius 2 is 1.95 bits per heavy atom. The average molecular weight is 300 g/mol. The highest BCUT2D eigenvalue weighted by atomic mass is 32.2. The summed E-state index contributed by atoms with van der Waals surface area (Å²) in [6.45, 7) is 5.99. The molecule has 0 saturated heterocycles. The first kappa shape index (κ1) is 16.4. The van der Waals surface area contributed by atoms with Gasteiger partial charge in [0.25, 0.3) is 0 Å². The summed E-state index contributed by atoms with van der Waals surface area (Å²) in [5.74, 6) is 0.279. The Balaban J connectivity index is 3.38. The van der Waals surface area contributed by atoms with Crippen molar-refractivity contribution in [2.75, 3.05) is 11.6 Å².